The van der Waals surface area contributed by atoms with Gasteiger partial charge in [-0.25, -0.2) is 0 Å². The van der Waals surface area contributed by atoms with E-state index in [1.165, 1.54) is 6.42 Å². The molecule has 0 amide bonds. The van der Waals surface area contributed by atoms with Crippen LogP contribution in [0, 0.1) is 29.6 Å². The maximum Gasteiger partial charge on any atom is 0.107 e. The normalized spacial score (nSPS) is 29.8. The minimum absolute atomic E-state index is 0.526. The molecular weight excluding hydrogens is 310 g/mol. The van der Waals surface area contributed by atoms with Gasteiger partial charge in [0.05, 0.1) is 11.5 Å². The molecule has 98 valence electrons. The molecular formula is C14H18BrNOS. The minimum Gasteiger partial charge on any atom is -0.386 e. The van der Waals surface area contributed by atoms with Gasteiger partial charge in [0.15, 0.2) is 0 Å². The molecule has 0 radical (unpaired) electrons. The van der Waals surface area contributed by atoms with Crippen LogP contribution in [0.2, 0.25) is 0 Å². The van der Waals surface area contributed by atoms with Gasteiger partial charge in [-0.1, -0.05) is 19.8 Å². The van der Waals surface area contributed by atoms with E-state index in [2.05, 4.69) is 28.9 Å². The summed E-state index contributed by atoms with van der Waals surface area (Å²) in [5.74, 6) is 0.526. The van der Waals surface area contributed by atoms with Gasteiger partial charge in [-0.15, -0.1) is 11.3 Å². The highest BCUT2D eigenvalue weighted by molar-refractivity contribution is 9.10. The molecule has 0 spiro atoms. The van der Waals surface area contributed by atoms with Gasteiger partial charge in [-0.3, -0.25) is 0 Å². The second kappa shape index (κ2) is 5.32. The van der Waals surface area contributed by atoms with Crippen molar-refractivity contribution in [1.29, 1.82) is 5.26 Å². The first-order valence-electron chi connectivity index (χ1n) is 6.33. The Hall–Kier alpha value is -0.370. The number of halogens is 1. The van der Waals surface area contributed by atoms with Gasteiger partial charge in [0, 0.05) is 14.2 Å². The monoisotopic (exact) mass is 327 g/mol. The molecule has 0 aliphatic heterocycles. The number of aliphatic hydroxyl groups excluding tert-OH is 1. The Morgan fingerprint density at radius 2 is 2.39 bits per heavy atom. The average molecular weight is 328 g/mol. The molecule has 1 N–H and O–H groups in total. The highest BCUT2D eigenvalue weighted by atomic mass is 79.9. The second-order valence-electron chi connectivity index (χ2n) is 5.42. The Morgan fingerprint density at radius 1 is 1.67 bits per heavy atom. The van der Waals surface area contributed by atoms with Crippen molar-refractivity contribution in [3.05, 3.63) is 20.3 Å². The molecule has 2 nitrogen and oxygen atoms in total. The fourth-order valence-corrected chi connectivity index (χ4v) is 4.56. The van der Waals surface area contributed by atoms with Crippen LogP contribution in [-0.4, -0.2) is 5.11 Å². The number of nitrogens with zero attached hydrogens (tertiary/aromatic N) is 1. The number of aryl methyl sites for hydroxylation is 1. The van der Waals surface area contributed by atoms with Crippen LogP contribution in [-0.2, 0) is 0 Å². The molecule has 0 saturated heterocycles. The fourth-order valence-electron chi connectivity index (χ4n) is 2.89. The highest BCUT2D eigenvalue weighted by Crippen LogP contribution is 2.49. The zero-order valence-electron chi connectivity index (χ0n) is 10.7. The molecule has 1 aromatic rings. The van der Waals surface area contributed by atoms with Gasteiger partial charge >= 0.3 is 0 Å². The zero-order chi connectivity index (χ0) is 13.3. The Bertz CT molecular complexity index is 459. The van der Waals surface area contributed by atoms with Crippen LogP contribution in [0.4, 0.5) is 0 Å². The Labute approximate surface area is 121 Å². The first-order valence-corrected chi connectivity index (χ1v) is 7.94. The van der Waals surface area contributed by atoms with E-state index in [1.54, 1.807) is 11.3 Å². The SMILES string of the molecule is Cc1sc(C(O)C2(C#N)CCCC(C)C2)cc1Br. The van der Waals surface area contributed by atoms with E-state index in [4.69, 9.17) is 0 Å². The molecule has 1 aromatic heterocycles. The van der Waals surface area contributed by atoms with E-state index in [0.29, 0.717) is 5.92 Å². The molecule has 0 bridgehead atoms. The zero-order valence-corrected chi connectivity index (χ0v) is 13.1. The maximum atomic E-state index is 10.6. The summed E-state index contributed by atoms with van der Waals surface area (Å²) < 4.78 is 1.03. The Morgan fingerprint density at radius 3 is 2.89 bits per heavy atom. The standard InChI is InChI=1S/C14H18BrNOS/c1-9-4-3-5-14(7-9,8-16)13(17)12-6-11(15)10(2)18-12/h6,9,13,17H,3-5,7H2,1-2H3. The third-order valence-electron chi connectivity index (χ3n) is 3.92. The third kappa shape index (κ3) is 2.49. The molecule has 1 saturated carbocycles. The van der Waals surface area contributed by atoms with Gasteiger partial charge in [0.1, 0.15) is 6.10 Å². The molecule has 4 heteroatoms. The minimum atomic E-state index is -0.653. The van der Waals surface area contributed by atoms with Crippen LogP contribution < -0.4 is 0 Å². The number of thiophene rings is 1. The van der Waals surface area contributed by atoms with Crippen molar-refractivity contribution < 1.29 is 5.11 Å². The van der Waals surface area contributed by atoms with Crippen LogP contribution in [0.1, 0.15) is 48.5 Å². The average Bonchev–Trinajstić information content (AvgIpc) is 2.68. The number of hydrogen-bond donors (Lipinski definition) is 1. The summed E-state index contributed by atoms with van der Waals surface area (Å²) in [6.07, 6.45) is 3.17. The van der Waals surface area contributed by atoms with Crippen molar-refractivity contribution in [1.82, 2.24) is 0 Å². The van der Waals surface area contributed by atoms with Crippen LogP contribution in [0.15, 0.2) is 10.5 Å². The Balaban J connectivity index is 2.30. The van der Waals surface area contributed by atoms with E-state index >= 15 is 0 Å². The molecule has 0 aromatic carbocycles. The van der Waals surface area contributed by atoms with Gasteiger partial charge in [-0.2, -0.15) is 5.26 Å². The van der Waals surface area contributed by atoms with Crippen molar-refractivity contribution in [2.75, 3.05) is 0 Å². The second-order valence-corrected chi connectivity index (χ2v) is 7.57. The number of nitriles is 1. The van der Waals surface area contributed by atoms with Crippen molar-refractivity contribution in [2.24, 2.45) is 11.3 Å². The van der Waals surface area contributed by atoms with Crippen molar-refractivity contribution in [3.63, 3.8) is 0 Å². The lowest BCUT2D eigenvalue weighted by atomic mass is 9.67. The molecule has 1 aliphatic rings. The van der Waals surface area contributed by atoms with E-state index in [0.717, 1.165) is 33.5 Å². The number of rotatable bonds is 2. The van der Waals surface area contributed by atoms with Gasteiger partial charge < -0.3 is 5.11 Å². The first-order chi connectivity index (χ1) is 8.48. The van der Waals surface area contributed by atoms with Crippen molar-refractivity contribution in [2.45, 2.75) is 45.6 Å². The summed E-state index contributed by atoms with van der Waals surface area (Å²) in [5.41, 5.74) is -0.589. The molecule has 18 heavy (non-hydrogen) atoms. The summed E-state index contributed by atoms with van der Waals surface area (Å²) in [6.45, 7) is 4.20. The third-order valence-corrected chi connectivity index (χ3v) is 6.11. The van der Waals surface area contributed by atoms with Crippen molar-refractivity contribution >= 4 is 27.3 Å². The molecule has 2 rings (SSSR count). The molecule has 1 fully saturated rings. The van der Waals surface area contributed by atoms with E-state index in [1.807, 2.05) is 13.0 Å². The van der Waals surface area contributed by atoms with Gasteiger partial charge in [0.2, 0.25) is 0 Å². The lowest BCUT2D eigenvalue weighted by molar-refractivity contribution is 0.0244. The van der Waals surface area contributed by atoms with E-state index < -0.39 is 11.5 Å². The number of aliphatic hydroxyl groups is 1. The summed E-state index contributed by atoms with van der Waals surface area (Å²) in [7, 11) is 0. The van der Waals surface area contributed by atoms with E-state index in [9.17, 15) is 10.4 Å². The molecule has 1 aliphatic carbocycles. The summed E-state index contributed by atoms with van der Waals surface area (Å²) in [4.78, 5) is 2.07. The maximum absolute atomic E-state index is 10.6. The molecule has 3 atom stereocenters. The van der Waals surface area contributed by atoms with Crippen molar-refractivity contribution in [3.8, 4) is 6.07 Å². The first kappa shape index (κ1) is 14.0. The number of hydrogen-bond acceptors (Lipinski definition) is 3. The lowest BCUT2D eigenvalue weighted by Crippen LogP contribution is -2.32. The predicted octanol–water partition coefficient (Wildman–Crippen LogP) is 4.57. The molecule has 3 unspecified atom stereocenters. The topological polar surface area (TPSA) is 44.0 Å². The summed E-state index contributed by atoms with van der Waals surface area (Å²) in [6, 6.07) is 4.38. The predicted molar refractivity (Wildman–Crippen MR) is 77.4 cm³/mol. The van der Waals surface area contributed by atoms with E-state index in [-0.39, 0.29) is 0 Å². The quantitative estimate of drug-likeness (QED) is 0.864. The van der Waals surface area contributed by atoms with Gasteiger partial charge in [-0.05, 0) is 47.7 Å². The van der Waals surface area contributed by atoms with Crippen LogP contribution in [0.25, 0.3) is 0 Å². The lowest BCUT2D eigenvalue weighted by Gasteiger charge is -2.37. The molecule has 1 heterocycles. The van der Waals surface area contributed by atoms with Crippen LogP contribution >= 0.6 is 27.3 Å². The largest absolute Gasteiger partial charge is 0.386 e. The van der Waals surface area contributed by atoms with Gasteiger partial charge in [0.25, 0.3) is 0 Å². The summed E-state index contributed by atoms with van der Waals surface area (Å²) >= 11 is 5.06. The van der Waals surface area contributed by atoms with Crippen LogP contribution in [0.3, 0.4) is 0 Å². The summed E-state index contributed by atoms with van der Waals surface area (Å²) in [5, 5.41) is 20.2. The van der Waals surface area contributed by atoms with Crippen LogP contribution in [0.5, 0.6) is 0 Å². The highest BCUT2D eigenvalue weighted by Gasteiger charge is 2.43. The smallest absolute Gasteiger partial charge is 0.107 e. The Kier molecular flexibility index (Phi) is 4.15. The fraction of sp³-hybridized carbons (Fsp3) is 0.643.